The summed E-state index contributed by atoms with van der Waals surface area (Å²) in [6.45, 7) is 9.13. The Morgan fingerprint density at radius 3 is 2.41 bits per heavy atom. The number of benzene rings is 2. The van der Waals surface area contributed by atoms with E-state index in [1.165, 1.54) is 11.1 Å². The van der Waals surface area contributed by atoms with Gasteiger partial charge in [-0.15, -0.1) is 0 Å². The lowest BCUT2D eigenvalue weighted by Gasteiger charge is -2.15. The summed E-state index contributed by atoms with van der Waals surface area (Å²) in [6, 6.07) is 13.9. The van der Waals surface area contributed by atoms with Crippen molar-refractivity contribution in [3.05, 3.63) is 59.2 Å². The molecule has 2 aromatic carbocycles. The Morgan fingerprint density at radius 2 is 1.79 bits per heavy atom. The number of aliphatic imine (C=N–C) groups is 1. The molecule has 6 heteroatoms. The van der Waals surface area contributed by atoms with Crippen LogP contribution in [0.5, 0.6) is 5.75 Å². The normalized spacial score (nSPS) is 12.3. The van der Waals surface area contributed by atoms with Gasteiger partial charge in [0.05, 0.1) is 12.6 Å². The summed E-state index contributed by atoms with van der Waals surface area (Å²) in [5, 5.41) is 6.11. The molecule has 0 aliphatic rings. The number of guanidine groups is 1. The van der Waals surface area contributed by atoms with E-state index in [9.17, 15) is 4.79 Å². The maximum Gasteiger partial charge on any atom is 0.220 e. The van der Waals surface area contributed by atoms with E-state index in [2.05, 4.69) is 21.7 Å². The van der Waals surface area contributed by atoms with Crippen LogP contribution in [0.3, 0.4) is 0 Å². The van der Waals surface area contributed by atoms with E-state index < -0.39 is 0 Å². The van der Waals surface area contributed by atoms with Crippen molar-refractivity contribution in [1.29, 1.82) is 0 Å². The lowest BCUT2D eigenvalue weighted by molar-refractivity contribution is -0.121. The van der Waals surface area contributed by atoms with Crippen molar-refractivity contribution in [2.45, 2.75) is 46.6 Å². The standard InChI is InChI=1S/C23H32N4O2/c1-5-29-21-10-8-19(9-11-21)18(4)26-22(28)7-6-12-25-23(24)27-20-14-16(2)13-17(3)15-20/h8-11,13-15,18H,5-7,12H2,1-4H3,(H,26,28)(H3,24,25,27). The van der Waals surface area contributed by atoms with E-state index in [0.29, 0.717) is 32.0 Å². The Kier molecular flexibility index (Phi) is 8.52. The van der Waals surface area contributed by atoms with E-state index in [0.717, 1.165) is 17.0 Å². The maximum absolute atomic E-state index is 12.2. The van der Waals surface area contributed by atoms with Crippen LogP contribution in [0, 0.1) is 13.8 Å². The molecule has 6 nitrogen and oxygen atoms in total. The number of nitrogens with zero attached hydrogens (tertiary/aromatic N) is 1. The number of rotatable bonds is 9. The van der Waals surface area contributed by atoms with Gasteiger partial charge >= 0.3 is 0 Å². The molecule has 0 saturated heterocycles. The van der Waals surface area contributed by atoms with E-state index in [1.54, 1.807) is 0 Å². The zero-order valence-electron chi connectivity index (χ0n) is 17.8. The molecular formula is C23H32N4O2. The van der Waals surface area contributed by atoms with Crippen molar-refractivity contribution in [1.82, 2.24) is 5.32 Å². The highest BCUT2D eigenvalue weighted by Crippen LogP contribution is 2.18. The molecule has 29 heavy (non-hydrogen) atoms. The maximum atomic E-state index is 12.2. The highest BCUT2D eigenvalue weighted by Gasteiger charge is 2.09. The smallest absolute Gasteiger partial charge is 0.220 e. The average Bonchev–Trinajstić information content (AvgIpc) is 2.65. The molecule has 2 rings (SSSR count). The lowest BCUT2D eigenvalue weighted by Crippen LogP contribution is -2.26. The van der Waals surface area contributed by atoms with Crippen LogP contribution in [0.4, 0.5) is 5.69 Å². The van der Waals surface area contributed by atoms with E-state index in [1.807, 2.05) is 64.1 Å². The fourth-order valence-electron chi connectivity index (χ4n) is 3.09. The molecule has 0 aromatic heterocycles. The summed E-state index contributed by atoms with van der Waals surface area (Å²) in [4.78, 5) is 16.5. The molecular weight excluding hydrogens is 364 g/mol. The molecule has 0 spiro atoms. The average molecular weight is 397 g/mol. The second-order valence-electron chi connectivity index (χ2n) is 7.16. The van der Waals surface area contributed by atoms with Crippen LogP contribution in [0.1, 0.15) is 49.4 Å². The molecule has 0 fully saturated rings. The van der Waals surface area contributed by atoms with Gasteiger partial charge in [-0.3, -0.25) is 9.79 Å². The third kappa shape index (κ3) is 7.86. The molecule has 0 aliphatic carbocycles. The summed E-state index contributed by atoms with van der Waals surface area (Å²) in [5.41, 5.74) is 10.2. The molecule has 1 atom stereocenters. The second-order valence-corrected chi connectivity index (χ2v) is 7.16. The molecule has 156 valence electrons. The third-order valence-corrected chi connectivity index (χ3v) is 4.41. The van der Waals surface area contributed by atoms with E-state index in [-0.39, 0.29) is 11.9 Å². The highest BCUT2D eigenvalue weighted by molar-refractivity contribution is 5.92. The van der Waals surface area contributed by atoms with Crippen molar-refractivity contribution in [3.63, 3.8) is 0 Å². The SMILES string of the molecule is CCOc1ccc(C(C)NC(=O)CCCN=C(N)Nc2cc(C)cc(C)c2)cc1. The minimum Gasteiger partial charge on any atom is -0.494 e. The van der Waals surface area contributed by atoms with Gasteiger partial charge in [0, 0.05) is 18.7 Å². The van der Waals surface area contributed by atoms with Crippen LogP contribution in [0.2, 0.25) is 0 Å². The summed E-state index contributed by atoms with van der Waals surface area (Å²) >= 11 is 0. The number of hydrogen-bond acceptors (Lipinski definition) is 3. The van der Waals surface area contributed by atoms with Gasteiger partial charge in [0.15, 0.2) is 5.96 Å². The first-order valence-electron chi connectivity index (χ1n) is 10.0. The fourth-order valence-corrected chi connectivity index (χ4v) is 3.09. The van der Waals surface area contributed by atoms with Gasteiger partial charge in [-0.25, -0.2) is 0 Å². The van der Waals surface area contributed by atoms with Crippen molar-refractivity contribution in [2.75, 3.05) is 18.5 Å². The van der Waals surface area contributed by atoms with Crippen LogP contribution < -0.4 is 21.1 Å². The molecule has 0 radical (unpaired) electrons. The molecule has 0 saturated carbocycles. The van der Waals surface area contributed by atoms with E-state index in [4.69, 9.17) is 10.5 Å². The first kappa shape index (κ1) is 22.3. The number of nitrogens with one attached hydrogen (secondary N) is 2. The molecule has 1 amide bonds. The van der Waals surface area contributed by atoms with Crippen LogP contribution in [0.15, 0.2) is 47.5 Å². The third-order valence-electron chi connectivity index (χ3n) is 4.41. The molecule has 0 aliphatic heterocycles. The molecule has 1 unspecified atom stereocenters. The Morgan fingerprint density at radius 1 is 1.14 bits per heavy atom. The van der Waals surface area contributed by atoms with Crippen molar-refractivity contribution in [2.24, 2.45) is 10.7 Å². The Balaban J connectivity index is 1.73. The van der Waals surface area contributed by atoms with Crippen LogP contribution in [-0.4, -0.2) is 25.0 Å². The van der Waals surface area contributed by atoms with Crippen LogP contribution in [0.25, 0.3) is 0 Å². The minimum atomic E-state index is -0.0574. The first-order valence-corrected chi connectivity index (χ1v) is 10.0. The molecule has 4 N–H and O–H groups in total. The number of anilines is 1. The van der Waals surface area contributed by atoms with Gasteiger partial charge in [0.25, 0.3) is 0 Å². The van der Waals surface area contributed by atoms with Gasteiger partial charge in [-0.05, 0) is 75.1 Å². The predicted molar refractivity (Wildman–Crippen MR) is 119 cm³/mol. The Hall–Kier alpha value is -3.02. The number of carbonyl (C=O) groups excluding carboxylic acids is 1. The van der Waals surface area contributed by atoms with Crippen LogP contribution >= 0.6 is 0 Å². The van der Waals surface area contributed by atoms with Gasteiger partial charge in [0.1, 0.15) is 5.75 Å². The zero-order valence-corrected chi connectivity index (χ0v) is 17.8. The summed E-state index contributed by atoms with van der Waals surface area (Å²) in [6.07, 6.45) is 1.04. The van der Waals surface area contributed by atoms with Gasteiger partial charge in [0.2, 0.25) is 5.91 Å². The van der Waals surface area contributed by atoms with E-state index >= 15 is 0 Å². The second kappa shape index (κ2) is 11.1. The van der Waals surface area contributed by atoms with Gasteiger partial charge in [-0.2, -0.15) is 0 Å². The number of ether oxygens (including phenoxy) is 1. The van der Waals surface area contributed by atoms with Crippen molar-refractivity contribution < 1.29 is 9.53 Å². The Bertz CT molecular complexity index is 811. The number of hydrogen-bond donors (Lipinski definition) is 3. The summed E-state index contributed by atoms with van der Waals surface area (Å²) < 4.78 is 5.44. The quantitative estimate of drug-likeness (QED) is 0.338. The highest BCUT2D eigenvalue weighted by atomic mass is 16.5. The first-order chi connectivity index (χ1) is 13.9. The summed E-state index contributed by atoms with van der Waals surface area (Å²) in [7, 11) is 0. The van der Waals surface area contributed by atoms with Crippen molar-refractivity contribution >= 4 is 17.6 Å². The molecule has 2 aromatic rings. The Labute approximate surface area is 173 Å². The van der Waals surface area contributed by atoms with Crippen molar-refractivity contribution in [3.8, 4) is 5.75 Å². The predicted octanol–water partition coefficient (Wildman–Crippen LogP) is 4.09. The fraction of sp³-hybridized carbons (Fsp3) is 0.391. The number of nitrogens with two attached hydrogens (primary N) is 1. The topological polar surface area (TPSA) is 88.7 Å². The number of carbonyl (C=O) groups is 1. The lowest BCUT2D eigenvalue weighted by atomic mass is 10.1. The summed E-state index contributed by atoms with van der Waals surface area (Å²) in [5.74, 6) is 1.19. The minimum absolute atomic E-state index is 0.00224. The zero-order chi connectivity index (χ0) is 21.2. The monoisotopic (exact) mass is 396 g/mol. The van der Waals surface area contributed by atoms with Gasteiger partial charge in [-0.1, -0.05) is 18.2 Å². The molecule has 0 bridgehead atoms. The number of aryl methyl sites for hydroxylation is 2. The molecule has 0 heterocycles. The number of amides is 1. The van der Waals surface area contributed by atoms with Crippen LogP contribution in [-0.2, 0) is 4.79 Å². The van der Waals surface area contributed by atoms with Gasteiger partial charge < -0.3 is 21.1 Å². The largest absolute Gasteiger partial charge is 0.494 e.